The number of benzene rings is 2. The van der Waals surface area contributed by atoms with Gasteiger partial charge in [-0.05, 0) is 61.7 Å². The number of aromatic nitrogens is 2. The highest BCUT2D eigenvalue weighted by atomic mass is 19.4. The number of hydrogen-bond donors (Lipinski definition) is 1. The zero-order valence-electron chi connectivity index (χ0n) is 21.0. The Morgan fingerprint density at radius 1 is 1.03 bits per heavy atom. The van der Waals surface area contributed by atoms with Crippen LogP contribution in [0.4, 0.5) is 13.2 Å². The van der Waals surface area contributed by atoms with Crippen molar-refractivity contribution >= 4 is 11.8 Å². The number of carbonyl (C=O) groups excluding carboxylic acids is 1. The van der Waals surface area contributed by atoms with E-state index in [2.05, 4.69) is 12.0 Å². The number of alkyl halides is 3. The highest BCUT2D eigenvalue weighted by molar-refractivity contribution is 5.96. The van der Waals surface area contributed by atoms with Gasteiger partial charge in [-0.15, -0.1) is 0 Å². The van der Waals surface area contributed by atoms with Crippen LogP contribution in [0, 0.1) is 6.92 Å². The van der Waals surface area contributed by atoms with Crippen LogP contribution in [0.25, 0.3) is 11.3 Å². The number of carboxylic acid groups (broad SMARTS) is 1. The Hall–Kier alpha value is -3.62. The molecule has 2 aromatic carbocycles. The maximum absolute atomic E-state index is 12.9. The summed E-state index contributed by atoms with van der Waals surface area (Å²) in [5.74, 6) is -0.755. The molecule has 0 aliphatic carbocycles. The van der Waals surface area contributed by atoms with Gasteiger partial charge in [0.15, 0.2) is 12.4 Å². The number of halogens is 3. The lowest BCUT2D eigenvalue weighted by atomic mass is 10.0. The molecule has 0 saturated heterocycles. The lowest BCUT2D eigenvalue weighted by molar-refractivity contribution is -0.139. The van der Waals surface area contributed by atoms with Gasteiger partial charge in [-0.2, -0.15) is 18.3 Å². The molecule has 0 aliphatic rings. The molecule has 3 rings (SSSR count). The molecule has 1 aromatic heterocycles. The highest BCUT2D eigenvalue weighted by Gasteiger charge is 2.30. The van der Waals surface area contributed by atoms with Gasteiger partial charge in [0, 0.05) is 29.8 Å². The Balaban J connectivity index is 1.74. The molecule has 37 heavy (non-hydrogen) atoms. The number of ketones is 1. The summed E-state index contributed by atoms with van der Waals surface area (Å²) in [7, 11) is 0. The van der Waals surface area contributed by atoms with Crippen molar-refractivity contribution in [3.05, 3.63) is 70.9 Å². The smallest absolute Gasteiger partial charge is 0.416 e. The first-order chi connectivity index (χ1) is 17.6. The van der Waals surface area contributed by atoms with Crippen LogP contribution in [0.3, 0.4) is 0 Å². The summed E-state index contributed by atoms with van der Waals surface area (Å²) in [4.78, 5) is 23.6. The van der Waals surface area contributed by atoms with Gasteiger partial charge in [-0.3, -0.25) is 9.48 Å². The number of carbonyl (C=O) groups is 2. The second-order valence-corrected chi connectivity index (χ2v) is 8.97. The van der Waals surface area contributed by atoms with Crippen LogP contribution in [0.1, 0.15) is 66.2 Å². The minimum absolute atomic E-state index is 0.0808. The van der Waals surface area contributed by atoms with Crippen LogP contribution in [0.2, 0.25) is 0 Å². The van der Waals surface area contributed by atoms with Crippen molar-refractivity contribution in [2.75, 3.05) is 6.61 Å². The molecule has 9 heteroatoms. The Bertz CT molecular complexity index is 1220. The second-order valence-electron chi connectivity index (χ2n) is 8.97. The Morgan fingerprint density at radius 2 is 1.76 bits per heavy atom. The molecule has 1 heterocycles. The van der Waals surface area contributed by atoms with Gasteiger partial charge in [-0.25, -0.2) is 4.79 Å². The fourth-order valence-corrected chi connectivity index (χ4v) is 4.02. The highest BCUT2D eigenvalue weighted by Crippen LogP contribution is 2.31. The summed E-state index contributed by atoms with van der Waals surface area (Å²) in [6.45, 7) is 4.08. The molecule has 0 saturated carbocycles. The van der Waals surface area contributed by atoms with Gasteiger partial charge in [0.05, 0.1) is 11.3 Å². The van der Waals surface area contributed by atoms with E-state index < -0.39 is 24.3 Å². The van der Waals surface area contributed by atoms with Gasteiger partial charge >= 0.3 is 12.1 Å². The lowest BCUT2D eigenvalue weighted by Crippen LogP contribution is -2.11. The van der Waals surface area contributed by atoms with E-state index in [-0.39, 0.29) is 12.2 Å². The molecule has 0 unspecified atom stereocenters. The fourth-order valence-electron chi connectivity index (χ4n) is 4.02. The molecular weight excluding hydrogens is 485 g/mol. The quantitative estimate of drug-likeness (QED) is 0.201. The molecule has 0 amide bonds. The van der Waals surface area contributed by atoms with E-state index in [1.54, 1.807) is 25.1 Å². The zero-order valence-corrected chi connectivity index (χ0v) is 21.0. The molecule has 0 fully saturated rings. The Morgan fingerprint density at radius 3 is 2.38 bits per heavy atom. The number of aryl methyl sites for hydroxylation is 3. The fraction of sp³-hybridized carbons (Fsp3) is 0.393. The number of nitrogens with zero attached hydrogens (tertiary/aromatic N) is 2. The van der Waals surface area contributed by atoms with Crippen LogP contribution in [-0.2, 0) is 23.9 Å². The number of aliphatic carboxylic acids is 1. The number of rotatable bonds is 13. The molecule has 6 nitrogen and oxygen atoms in total. The van der Waals surface area contributed by atoms with Crippen molar-refractivity contribution in [3.63, 3.8) is 0 Å². The monoisotopic (exact) mass is 516 g/mol. The first-order valence-electron chi connectivity index (χ1n) is 12.3. The topological polar surface area (TPSA) is 81.4 Å². The van der Waals surface area contributed by atoms with Crippen LogP contribution in [0.5, 0.6) is 5.75 Å². The van der Waals surface area contributed by atoms with Crippen molar-refractivity contribution in [1.82, 2.24) is 9.78 Å². The van der Waals surface area contributed by atoms with Gasteiger partial charge < -0.3 is 9.84 Å². The average molecular weight is 517 g/mol. The first-order valence-corrected chi connectivity index (χ1v) is 12.3. The predicted octanol–water partition coefficient (Wildman–Crippen LogP) is 6.74. The number of ether oxygens (including phenoxy) is 1. The SMILES string of the molecule is CCCCCCn1nc(-c2ccc(C(F)(F)F)cc2)cc1CCC(=O)c1ccc(OCC(=O)O)c(C)c1. The van der Waals surface area contributed by atoms with Crippen LogP contribution in [0.15, 0.2) is 48.5 Å². The van der Waals surface area contributed by atoms with Gasteiger partial charge in [-0.1, -0.05) is 38.3 Å². The molecule has 3 aromatic rings. The molecule has 0 aliphatic heterocycles. The van der Waals surface area contributed by atoms with E-state index in [9.17, 15) is 22.8 Å². The van der Waals surface area contributed by atoms with E-state index in [1.807, 2.05) is 10.7 Å². The number of Topliss-reactive ketones (excluding diaryl/α,β-unsaturated/α-hetero) is 1. The third-order valence-electron chi connectivity index (χ3n) is 6.05. The van der Waals surface area contributed by atoms with Crippen molar-refractivity contribution in [1.29, 1.82) is 0 Å². The van der Waals surface area contributed by atoms with E-state index in [1.165, 1.54) is 12.1 Å². The maximum Gasteiger partial charge on any atom is 0.416 e. The van der Waals surface area contributed by atoms with E-state index in [4.69, 9.17) is 9.84 Å². The maximum atomic E-state index is 12.9. The normalized spacial score (nSPS) is 11.5. The van der Waals surface area contributed by atoms with Gasteiger partial charge in [0.1, 0.15) is 5.75 Å². The summed E-state index contributed by atoms with van der Waals surface area (Å²) in [6, 6.07) is 11.6. The van der Waals surface area contributed by atoms with Crippen molar-refractivity contribution in [3.8, 4) is 17.0 Å². The summed E-state index contributed by atoms with van der Waals surface area (Å²) >= 11 is 0. The third-order valence-corrected chi connectivity index (χ3v) is 6.05. The molecular formula is C28H31F3N2O4. The Labute approximate surface area is 214 Å². The number of hydrogen-bond acceptors (Lipinski definition) is 4. The summed E-state index contributed by atoms with van der Waals surface area (Å²) in [6.07, 6.45) is 0.406. The molecule has 198 valence electrons. The average Bonchev–Trinajstić information content (AvgIpc) is 3.26. The first kappa shape index (κ1) is 28.0. The number of unbranched alkanes of at least 4 members (excludes halogenated alkanes) is 3. The molecule has 0 atom stereocenters. The van der Waals surface area contributed by atoms with Gasteiger partial charge in [0.25, 0.3) is 0 Å². The van der Waals surface area contributed by atoms with Crippen molar-refractivity contribution in [2.24, 2.45) is 0 Å². The van der Waals surface area contributed by atoms with E-state index >= 15 is 0 Å². The summed E-state index contributed by atoms with van der Waals surface area (Å²) in [5, 5.41) is 13.4. The van der Waals surface area contributed by atoms with Crippen LogP contribution < -0.4 is 4.74 Å². The standard InChI is InChI=1S/C28H31F3N2O4/c1-3-4-5-6-15-33-23(17-24(32-33)20-7-10-22(11-8-20)28(29,30)31)12-13-25(34)21-9-14-26(19(2)16-21)37-18-27(35)36/h7-11,14,16-17H,3-6,12-13,15,18H2,1-2H3,(H,35,36). The molecule has 0 radical (unpaired) electrons. The Kier molecular flexibility index (Phi) is 9.49. The van der Waals surface area contributed by atoms with Crippen LogP contribution in [-0.4, -0.2) is 33.2 Å². The summed E-state index contributed by atoms with van der Waals surface area (Å²) < 4.78 is 45.9. The zero-order chi connectivity index (χ0) is 27.0. The minimum atomic E-state index is -4.40. The van der Waals surface area contributed by atoms with Crippen molar-refractivity contribution < 1.29 is 32.6 Å². The van der Waals surface area contributed by atoms with E-state index in [0.29, 0.717) is 41.1 Å². The lowest BCUT2D eigenvalue weighted by Gasteiger charge is -2.10. The molecule has 0 spiro atoms. The van der Waals surface area contributed by atoms with Crippen LogP contribution >= 0.6 is 0 Å². The minimum Gasteiger partial charge on any atom is -0.482 e. The van der Waals surface area contributed by atoms with E-state index in [0.717, 1.165) is 43.5 Å². The third kappa shape index (κ3) is 7.93. The largest absolute Gasteiger partial charge is 0.482 e. The number of carboxylic acids is 1. The molecule has 0 bridgehead atoms. The second kappa shape index (κ2) is 12.6. The van der Waals surface area contributed by atoms with Gasteiger partial charge in [0.2, 0.25) is 0 Å². The summed E-state index contributed by atoms with van der Waals surface area (Å²) in [5.41, 5.74) is 2.45. The predicted molar refractivity (Wildman–Crippen MR) is 134 cm³/mol. The van der Waals surface area contributed by atoms with Crippen molar-refractivity contribution in [2.45, 2.75) is 65.1 Å². The molecule has 1 N–H and O–H groups in total.